The Balaban J connectivity index is 2.67. The third-order valence-electron chi connectivity index (χ3n) is 1.88. The second kappa shape index (κ2) is 4.72. The molecule has 0 saturated heterocycles. The molecule has 0 radical (unpaired) electrons. The minimum Gasteiger partial charge on any atom is -0.328 e. The van der Waals surface area contributed by atoms with E-state index in [9.17, 15) is 4.39 Å². The van der Waals surface area contributed by atoms with Crippen LogP contribution in [0.2, 0.25) is 0 Å². The van der Waals surface area contributed by atoms with Crippen LogP contribution in [0.15, 0.2) is 22.7 Å². The highest BCUT2D eigenvalue weighted by Gasteiger charge is 2.02. The van der Waals surface area contributed by atoms with Crippen LogP contribution in [-0.4, -0.2) is 6.04 Å². The van der Waals surface area contributed by atoms with Crippen molar-refractivity contribution in [2.75, 3.05) is 0 Å². The Hall–Kier alpha value is -0.410. The number of aryl methyl sites for hydroxylation is 1. The molecule has 0 amide bonds. The van der Waals surface area contributed by atoms with Crippen molar-refractivity contribution < 1.29 is 4.39 Å². The topological polar surface area (TPSA) is 26.0 Å². The summed E-state index contributed by atoms with van der Waals surface area (Å²) < 4.78 is 13.5. The van der Waals surface area contributed by atoms with Crippen LogP contribution in [0.25, 0.3) is 0 Å². The summed E-state index contributed by atoms with van der Waals surface area (Å²) in [6.07, 6.45) is 1.81. The van der Waals surface area contributed by atoms with Gasteiger partial charge in [-0.15, -0.1) is 0 Å². The van der Waals surface area contributed by atoms with E-state index in [2.05, 4.69) is 15.9 Å². The summed E-state index contributed by atoms with van der Waals surface area (Å²) in [5.41, 5.74) is 6.74. The molecular weight excluding hydrogens is 233 g/mol. The highest BCUT2D eigenvalue weighted by molar-refractivity contribution is 9.10. The van der Waals surface area contributed by atoms with Crippen molar-refractivity contribution in [3.63, 3.8) is 0 Å². The van der Waals surface area contributed by atoms with Crippen LogP contribution >= 0.6 is 15.9 Å². The molecule has 1 aromatic rings. The number of hydrogen-bond acceptors (Lipinski definition) is 1. The fraction of sp³-hybridized carbons (Fsp3) is 0.400. The summed E-state index contributed by atoms with van der Waals surface area (Å²) in [5.74, 6) is -0.212. The van der Waals surface area contributed by atoms with Gasteiger partial charge in [0, 0.05) is 10.5 Å². The lowest BCUT2D eigenvalue weighted by Gasteiger charge is -2.06. The van der Waals surface area contributed by atoms with Crippen molar-refractivity contribution in [1.82, 2.24) is 0 Å². The smallest absolute Gasteiger partial charge is 0.124 e. The quantitative estimate of drug-likeness (QED) is 0.871. The standard InChI is InChI=1S/C10H13BrFN/c1-7(13)2-3-8-4-5-9(12)6-10(8)11/h4-7H,2-3,13H2,1H3/t7-/m0/s1. The maximum Gasteiger partial charge on any atom is 0.124 e. The molecule has 3 heteroatoms. The second-order valence-electron chi connectivity index (χ2n) is 3.25. The van der Waals surface area contributed by atoms with Crippen molar-refractivity contribution >= 4 is 15.9 Å². The first kappa shape index (κ1) is 10.7. The highest BCUT2D eigenvalue weighted by atomic mass is 79.9. The van der Waals surface area contributed by atoms with Crippen molar-refractivity contribution in [3.8, 4) is 0 Å². The summed E-state index contributed by atoms with van der Waals surface area (Å²) in [6, 6.07) is 4.94. The maximum atomic E-state index is 12.7. The lowest BCUT2D eigenvalue weighted by Crippen LogP contribution is -2.15. The maximum absolute atomic E-state index is 12.7. The van der Waals surface area contributed by atoms with Crippen LogP contribution in [0, 0.1) is 5.82 Å². The number of rotatable bonds is 3. The second-order valence-corrected chi connectivity index (χ2v) is 4.11. The molecule has 2 N–H and O–H groups in total. The molecule has 0 saturated carbocycles. The van der Waals surface area contributed by atoms with Gasteiger partial charge in [-0.1, -0.05) is 22.0 Å². The van der Waals surface area contributed by atoms with E-state index in [4.69, 9.17) is 5.73 Å². The molecule has 1 atom stereocenters. The van der Waals surface area contributed by atoms with Crippen LogP contribution in [0.1, 0.15) is 18.9 Å². The summed E-state index contributed by atoms with van der Waals surface area (Å²) in [6.45, 7) is 1.97. The van der Waals surface area contributed by atoms with Gasteiger partial charge in [0.25, 0.3) is 0 Å². The van der Waals surface area contributed by atoms with E-state index in [0.717, 1.165) is 22.9 Å². The molecule has 0 aliphatic carbocycles. The summed E-state index contributed by atoms with van der Waals surface area (Å²) >= 11 is 3.32. The van der Waals surface area contributed by atoms with E-state index < -0.39 is 0 Å². The van der Waals surface area contributed by atoms with Crippen LogP contribution < -0.4 is 5.73 Å². The molecule has 1 nitrogen and oxygen atoms in total. The Morgan fingerprint density at radius 3 is 2.77 bits per heavy atom. The highest BCUT2D eigenvalue weighted by Crippen LogP contribution is 2.19. The van der Waals surface area contributed by atoms with E-state index in [0.29, 0.717) is 0 Å². The zero-order valence-corrected chi connectivity index (χ0v) is 9.14. The molecule has 1 rings (SSSR count). The summed E-state index contributed by atoms with van der Waals surface area (Å²) in [7, 11) is 0. The van der Waals surface area contributed by atoms with Crippen molar-refractivity contribution in [3.05, 3.63) is 34.1 Å². The Kier molecular flexibility index (Phi) is 3.88. The molecule has 0 fully saturated rings. The van der Waals surface area contributed by atoms with Gasteiger partial charge >= 0.3 is 0 Å². The van der Waals surface area contributed by atoms with Crippen LogP contribution in [0.4, 0.5) is 4.39 Å². The molecule has 0 heterocycles. The van der Waals surface area contributed by atoms with Gasteiger partial charge < -0.3 is 5.73 Å². The predicted octanol–water partition coefficient (Wildman–Crippen LogP) is 2.87. The molecule has 0 aliphatic rings. The first-order chi connectivity index (χ1) is 6.09. The average molecular weight is 246 g/mol. The van der Waals surface area contributed by atoms with E-state index >= 15 is 0 Å². The first-order valence-corrected chi connectivity index (χ1v) is 5.08. The number of halogens is 2. The molecule has 0 aromatic heterocycles. The molecule has 0 spiro atoms. The third kappa shape index (κ3) is 3.44. The Morgan fingerprint density at radius 1 is 1.54 bits per heavy atom. The van der Waals surface area contributed by atoms with Crippen molar-refractivity contribution in [2.24, 2.45) is 5.73 Å². The van der Waals surface area contributed by atoms with Crippen molar-refractivity contribution in [1.29, 1.82) is 0 Å². The summed E-state index contributed by atoms with van der Waals surface area (Å²) in [4.78, 5) is 0. The van der Waals surface area contributed by atoms with Gasteiger partial charge in [-0.05, 0) is 37.5 Å². The van der Waals surface area contributed by atoms with Crippen LogP contribution in [0.3, 0.4) is 0 Å². The van der Waals surface area contributed by atoms with Gasteiger partial charge in [-0.3, -0.25) is 0 Å². The minimum absolute atomic E-state index is 0.192. The van der Waals surface area contributed by atoms with E-state index in [-0.39, 0.29) is 11.9 Å². The molecule has 0 unspecified atom stereocenters. The zero-order chi connectivity index (χ0) is 9.84. The summed E-state index contributed by atoms with van der Waals surface area (Å²) in [5, 5.41) is 0. The van der Waals surface area contributed by atoms with Gasteiger partial charge in [-0.25, -0.2) is 4.39 Å². The number of benzene rings is 1. The lowest BCUT2D eigenvalue weighted by atomic mass is 10.1. The predicted molar refractivity (Wildman–Crippen MR) is 56.1 cm³/mol. The largest absolute Gasteiger partial charge is 0.328 e. The van der Waals surface area contributed by atoms with Gasteiger partial charge in [0.1, 0.15) is 5.82 Å². The fourth-order valence-electron chi connectivity index (χ4n) is 1.11. The first-order valence-electron chi connectivity index (χ1n) is 4.29. The van der Waals surface area contributed by atoms with Crippen molar-refractivity contribution in [2.45, 2.75) is 25.8 Å². The molecule has 0 bridgehead atoms. The molecule has 0 aliphatic heterocycles. The molecular formula is C10H13BrFN. The monoisotopic (exact) mass is 245 g/mol. The van der Waals surface area contributed by atoms with Crippen LogP contribution in [0.5, 0.6) is 0 Å². The Morgan fingerprint density at radius 2 is 2.23 bits per heavy atom. The van der Waals surface area contributed by atoms with Gasteiger partial charge in [0.2, 0.25) is 0 Å². The van der Waals surface area contributed by atoms with Gasteiger partial charge in [-0.2, -0.15) is 0 Å². The van der Waals surface area contributed by atoms with Crippen LogP contribution in [-0.2, 0) is 6.42 Å². The molecule has 13 heavy (non-hydrogen) atoms. The number of hydrogen-bond donors (Lipinski definition) is 1. The minimum atomic E-state index is -0.212. The molecule has 72 valence electrons. The van der Waals surface area contributed by atoms with Gasteiger partial charge in [0.05, 0.1) is 0 Å². The van der Waals surface area contributed by atoms with Gasteiger partial charge in [0.15, 0.2) is 0 Å². The average Bonchev–Trinajstić information content (AvgIpc) is 2.02. The normalized spacial score (nSPS) is 12.9. The molecule has 1 aromatic carbocycles. The third-order valence-corrected chi connectivity index (χ3v) is 2.62. The van der Waals surface area contributed by atoms with E-state index in [1.54, 1.807) is 6.07 Å². The zero-order valence-electron chi connectivity index (χ0n) is 7.56. The lowest BCUT2D eigenvalue weighted by molar-refractivity contribution is 0.623. The SMILES string of the molecule is C[C@H](N)CCc1ccc(F)cc1Br. The Bertz CT molecular complexity index is 286. The number of nitrogens with two attached hydrogens (primary N) is 1. The fourth-order valence-corrected chi connectivity index (χ4v) is 1.66. The van der Waals surface area contributed by atoms with E-state index in [1.165, 1.54) is 12.1 Å². The van der Waals surface area contributed by atoms with E-state index in [1.807, 2.05) is 6.92 Å². The Labute approximate surface area is 86.3 Å².